The smallest absolute Gasteiger partial charge is 0.326 e. The number of carboxylic acids is 1. The van der Waals surface area contributed by atoms with Gasteiger partial charge < -0.3 is 31.9 Å². The first-order valence-electron chi connectivity index (χ1n) is 9.45. The Kier molecular flexibility index (Phi) is 12.5. The van der Waals surface area contributed by atoms with Gasteiger partial charge in [-0.05, 0) is 30.3 Å². The van der Waals surface area contributed by atoms with Crippen LogP contribution in [0.2, 0.25) is 0 Å². The van der Waals surface area contributed by atoms with Gasteiger partial charge in [0, 0.05) is 0 Å². The Hall–Kier alpha value is -1.85. The van der Waals surface area contributed by atoms with E-state index in [-0.39, 0.29) is 18.3 Å². The van der Waals surface area contributed by atoms with Gasteiger partial charge in [-0.3, -0.25) is 14.4 Å². The fourth-order valence-corrected chi connectivity index (χ4v) is 2.88. The summed E-state index contributed by atoms with van der Waals surface area (Å²) in [5.41, 5.74) is 5.47. The van der Waals surface area contributed by atoms with Crippen molar-refractivity contribution >= 4 is 35.5 Å². The van der Waals surface area contributed by atoms with Crippen LogP contribution in [0, 0.1) is 11.8 Å². The van der Waals surface area contributed by atoms with Crippen molar-refractivity contribution < 1.29 is 29.4 Å². The van der Waals surface area contributed by atoms with E-state index in [0.29, 0.717) is 5.75 Å². The lowest BCUT2D eigenvalue weighted by Gasteiger charge is -2.28. The zero-order chi connectivity index (χ0) is 22.7. The molecule has 0 heterocycles. The second kappa shape index (κ2) is 13.4. The van der Waals surface area contributed by atoms with Gasteiger partial charge in [-0.2, -0.15) is 11.8 Å². The second-order valence-electron chi connectivity index (χ2n) is 7.43. The van der Waals surface area contributed by atoms with Crippen molar-refractivity contribution in [2.24, 2.45) is 17.6 Å². The molecule has 0 aliphatic rings. The van der Waals surface area contributed by atoms with Crippen LogP contribution >= 0.6 is 11.8 Å². The number of aliphatic carboxylic acids is 1. The average Bonchev–Trinajstić information content (AvgIpc) is 2.65. The van der Waals surface area contributed by atoms with Crippen molar-refractivity contribution in [3.63, 3.8) is 0 Å². The monoisotopic (exact) mass is 434 g/mol. The average molecular weight is 435 g/mol. The molecule has 0 aliphatic carbocycles. The van der Waals surface area contributed by atoms with Crippen molar-refractivity contribution in [3.8, 4) is 0 Å². The molecule has 3 amide bonds. The van der Waals surface area contributed by atoms with E-state index in [1.165, 1.54) is 11.8 Å². The number of thioether (sulfide) groups is 1. The standard InChI is InChI=1S/C18H34N4O6S/c1-9(2)13(16(25)20-12(18(27)28)6-7-29-5)22-17(26)14(10(3)4)21-15(24)11(19)8-23/h9-14,23H,6-8,19H2,1-5H3,(H,20,25)(H,21,24)(H,22,26)(H,27,28). The van der Waals surface area contributed by atoms with E-state index in [2.05, 4.69) is 16.0 Å². The minimum Gasteiger partial charge on any atom is -0.480 e. The van der Waals surface area contributed by atoms with E-state index in [0.717, 1.165) is 0 Å². The molecule has 0 aromatic heterocycles. The molecule has 11 heteroatoms. The van der Waals surface area contributed by atoms with E-state index in [1.54, 1.807) is 27.7 Å². The van der Waals surface area contributed by atoms with Crippen LogP contribution in [0.1, 0.15) is 34.1 Å². The maximum atomic E-state index is 12.7. The SMILES string of the molecule is CSCCC(NC(=O)C(NC(=O)C(NC(=O)C(N)CO)C(C)C)C(C)C)C(=O)O. The molecule has 168 valence electrons. The first-order valence-corrected chi connectivity index (χ1v) is 10.8. The zero-order valence-corrected chi connectivity index (χ0v) is 18.4. The highest BCUT2D eigenvalue weighted by atomic mass is 32.2. The van der Waals surface area contributed by atoms with Gasteiger partial charge in [0.1, 0.15) is 24.2 Å². The number of hydrogen-bond acceptors (Lipinski definition) is 7. The maximum Gasteiger partial charge on any atom is 0.326 e. The summed E-state index contributed by atoms with van der Waals surface area (Å²) in [5, 5.41) is 25.8. The van der Waals surface area contributed by atoms with Gasteiger partial charge in [0.05, 0.1) is 6.61 Å². The van der Waals surface area contributed by atoms with Crippen LogP contribution in [-0.4, -0.2) is 76.7 Å². The van der Waals surface area contributed by atoms with Crippen molar-refractivity contribution in [2.45, 2.75) is 58.3 Å². The van der Waals surface area contributed by atoms with E-state index in [9.17, 15) is 24.3 Å². The summed E-state index contributed by atoms with van der Waals surface area (Å²) < 4.78 is 0. The molecule has 0 radical (unpaired) electrons. The molecular formula is C18H34N4O6S. The number of carbonyl (C=O) groups excluding carboxylic acids is 3. The molecule has 10 nitrogen and oxygen atoms in total. The van der Waals surface area contributed by atoms with Gasteiger partial charge in [-0.25, -0.2) is 4.79 Å². The Labute approximate surface area is 175 Å². The van der Waals surface area contributed by atoms with Crippen LogP contribution in [0.3, 0.4) is 0 Å². The third-order valence-corrected chi connectivity index (χ3v) is 4.90. The Morgan fingerprint density at radius 1 is 0.897 bits per heavy atom. The Bertz CT molecular complexity index is 573. The van der Waals surface area contributed by atoms with E-state index < -0.39 is 54.5 Å². The summed E-state index contributed by atoms with van der Waals surface area (Å²) >= 11 is 1.46. The summed E-state index contributed by atoms with van der Waals surface area (Å²) in [6.45, 7) is 6.28. The summed E-state index contributed by atoms with van der Waals surface area (Å²) in [5.74, 6) is -3.11. The number of hydrogen-bond donors (Lipinski definition) is 6. The molecule has 0 saturated carbocycles. The molecule has 4 unspecified atom stereocenters. The van der Waals surface area contributed by atoms with Crippen molar-refractivity contribution in [1.82, 2.24) is 16.0 Å². The minimum absolute atomic E-state index is 0.255. The molecule has 0 saturated heterocycles. The molecule has 0 spiro atoms. The van der Waals surface area contributed by atoms with E-state index >= 15 is 0 Å². The van der Waals surface area contributed by atoms with Gasteiger partial charge in [0.25, 0.3) is 0 Å². The van der Waals surface area contributed by atoms with E-state index in [1.807, 2.05) is 6.26 Å². The van der Waals surface area contributed by atoms with Crippen LogP contribution in [-0.2, 0) is 19.2 Å². The number of aliphatic hydroxyl groups excluding tert-OH is 1. The molecule has 29 heavy (non-hydrogen) atoms. The molecule has 0 bridgehead atoms. The molecule has 0 rings (SSSR count). The third-order valence-electron chi connectivity index (χ3n) is 4.25. The Balaban J connectivity index is 5.27. The number of amides is 3. The predicted molar refractivity (Wildman–Crippen MR) is 111 cm³/mol. The van der Waals surface area contributed by atoms with Gasteiger partial charge >= 0.3 is 5.97 Å². The number of aliphatic hydroxyl groups is 1. The normalized spacial score (nSPS) is 15.3. The fraction of sp³-hybridized carbons (Fsp3) is 0.778. The quantitative estimate of drug-likeness (QED) is 0.212. The molecule has 0 aliphatic heterocycles. The van der Waals surface area contributed by atoms with Crippen molar-refractivity contribution in [3.05, 3.63) is 0 Å². The summed E-state index contributed by atoms with van der Waals surface area (Å²) in [7, 11) is 0. The molecule has 7 N–H and O–H groups in total. The number of carboxylic acid groups (broad SMARTS) is 1. The van der Waals surface area contributed by atoms with Gasteiger partial charge in [-0.15, -0.1) is 0 Å². The predicted octanol–water partition coefficient (Wildman–Crippen LogP) is -1.09. The van der Waals surface area contributed by atoms with Crippen LogP contribution in [0.15, 0.2) is 0 Å². The van der Waals surface area contributed by atoms with Crippen molar-refractivity contribution in [1.29, 1.82) is 0 Å². The lowest BCUT2D eigenvalue weighted by molar-refractivity contribution is -0.142. The maximum absolute atomic E-state index is 12.7. The van der Waals surface area contributed by atoms with Crippen LogP contribution < -0.4 is 21.7 Å². The van der Waals surface area contributed by atoms with Gasteiger partial charge in [0.15, 0.2) is 0 Å². The molecule has 0 aromatic rings. The van der Waals surface area contributed by atoms with Crippen LogP contribution in [0.25, 0.3) is 0 Å². The van der Waals surface area contributed by atoms with Gasteiger partial charge in [-0.1, -0.05) is 27.7 Å². The van der Waals surface area contributed by atoms with E-state index in [4.69, 9.17) is 10.8 Å². The summed E-state index contributed by atoms with van der Waals surface area (Å²) in [6.07, 6.45) is 2.09. The minimum atomic E-state index is -1.17. The summed E-state index contributed by atoms with van der Waals surface area (Å²) in [4.78, 5) is 48.7. The molecule has 0 aromatic carbocycles. The fourth-order valence-electron chi connectivity index (χ4n) is 2.41. The first-order chi connectivity index (χ1) is 13.5. The molecule has 0 fully saturated rings. The zero-order valence-electron chi connectivity index (χ0n) is 17.6. The molecule has 4 atom stereocenters. The van der Waals surface area contributed by atoms with Crippen LogP contribution in [0.4, 0.5) is 0 Å². The number of nitrogens with two attached hydrogens (primary N) is 1. The van der Waals surface area contributed by atoms with Crippen LogP contribution in [0.5, 0.6) is 0 Å². The first kappa shape index (κ1) is 27.1. The van der Waals surface area contributed by atoms with Crippen molar-refractivity contribution in [2.75, 3.05) is 18.6 Å². The Morgan fingerprint density at radius 2 is 1.34 bits per heavy atom. The number of nitrogens with one attached hydrogen (secondary N) is 3. The number of rotatable bonds is 13. The largest absolute Gasteiger partial charge is 0.480 e. The lowest BCUT2D eigenvalue weighted by Crippen LogP contribution is -2.59. The van der Waals surface area contributed by atoms with Gasteiger partial charge in [0.2, 0.25) is 17.7 Å². The topological polar surface area (TPSA) is 171 Å². The second-order valence-corrected chi connectivity index (χ2v) is 8.42. The lowest BCUT2D eigenvalue weighted by atomic mass is 9.99. The molecular weight excluding hydrogens is 400 g/mol. The summed E-state index contributed by atoms with van der Waals surface area (Å²) in [6, 6.07) is -4.18. The highest BCUT2D eigenvalue weighted by Gasteiger charge is 2.32. The third kappa shape index (κ3) is 9.46. The highest BCUT2D eigenvalue weighted by molar-refractivity contribution is 7.98. The highest BCUT2D eigenvalue weighted by Crippen LogP contribution is 2.08. The number of carbonyl (C=O) groups is 4. The Morgan fingerprint density at radius 3 is 1.72 bits per heavy atom.